The number of nitrogens with one attached hydrogen (secondary N) is 1. The van der Waals surface area contributed by atoms with Crippen molar-refractivity contribution >= 4 is 28.8 Å². The number of carbonyl (C=O) groups is 1. The number of amides is 1. The maximum absolute atomic E-state index is 12.5. The van der Waals surface area contributed by atoms with Gasteiger partial charge in [-0.1, -0.05) is 6.07 Å². The third kappa shape index (κ3) is 3.99. The highest BCUT2D eigenvalue weighted by Crippen LogP contribution is 2.31. The number of fused-ring (bicyclic) bond motifs is 1. The van der Waals surface area contributed by atoms with Gasteiger partial charge in [-0.25, -0.2) is 4.98 Å². The molecule has 1 aromatic carbocycles. The molecule has 0 atom stereocenters. The third-order valence-corrected chi connectivity index (χ3v) is 5.43. The van der Waals surface area contributed by atoms with Gasteiger partial charge in [-0.2, -0.15) is 0 Å². The Kier molecular flexibility index (Phi) is 5.14. The number of carbonyl (C=O) groups excluding carboxylic acids is 1. The Morgan fingerprint density at radius 3 is 2.70 bits per heavy atom. The summed E-state index contributed by atoms with van der Waals surface area (Å²) in [5.41, 5.74) is 9.89. The highest BCUT2D eigenvalue weighted by atomic mass is 16.2. The smallest absolute Gasteiger partial charge is 0.243 e. The molecular weight excluding hydrogens is 338 g/mol. The second kappa shape index (κ2) is 7.86. The van der Waals surface area contributed by atoms with Gasteiger partial charge >= 0.3 is 0 Å². The molecule has 6 heteroatoms. The van der Waals surface area contributed by atoms with Crippen LogP contribution in [0.25, 0.3) is 0 Å². The molecule has 1 fully saturated rings. The number of anilines is 4. The molecule has 0 unspecified atom stereocenters. The maximum Gasteiger partial charge on any atom is 0.243 e. The van der Waals surface area contributed by atoms with E-state index in [2.05, 4.69) is 20.1 Å². The van der Waals surface area contributed by atoms with E-state index in [9.17, 15) is 4.79 Å². The van der Waals surface area contributed by atoms with Gasteiger partial charge in [0.05, 0.1) is 18.4 Å². The highest BCUT2D eigenvalue weighted by Gasteiger charge is 2.20. The van der Waals surface area contributed by atoms with Crippen LogP contribution in [-0.2, 0) is 11.2 Å². The molecule has 142 valence electrons. The van der Waals surface area contributed by atoms with E-state index < -0.39 is 0 Å². The van der Waals surface area contributed by atoms with Crippen molar-refractivity contribution in [3.8, 4) is 0 Å². The van der Waals surface area contributed by atoms with E-state index in [1.165, 1.54) is 19.3 Å². The van der Waals surface area contributed by atoms with Gasteiger partial charge in [0.1, 0.15) is 5.82 Å². The average Bonchev–Trinajstić information content (AvgIpc) is 2.70. The van der Waals surface area contributed by atoms with Crippen molar-refractivity contribution in [1.29, 1.82) is 0 Å². The molecule has 0 saturated carbocycles. The van der Waals surface area contributed by atoms with Crippen LogP contribution in [0, 0.1) is 0 Å². The number of hydrogen-bond donors (Lipinski definition) is 2. The number of hydrogen-bond acceptors (Lipinski definition) is 5. The van der Waals surface area contributed by atoms with Crippen molar-refractivity contribution in [2.45, 2.75) is 32.1 Å². The summed E-state index contributed by atoms with van der Waals surface area (Å²) in [5.74, 6) is 0.964. The molecule has 1 aromatic heterocycles. The first-order chi connectivity index (χ1) is 13.2. The van der Waals surface area contributed by atoms with Crippen molar-refractivity contribution < 1.29 is 4.79 Å². The van der Waals surface area contributed by atoms with Crippen LogP contribution in [0.15, 0.2) is 36.5 Å². The first kappa shape index (κ1) is 17.6. The van der Waals surface area contributed by atoms with Gasteiger partial charge in [0.15, 0.2) is 0 Å². The molecule has 3 heterocycles. The maximum atomic E-state index is 12.5. The van der Waals surface area contributed by atoms with E-state index >= 15 is 0 Å². The SMILES string of the molecule is Nc1cccc2c1CCCN2CC(=O)Nc1ccc(N2CCCCC2)nc1. The number of nitrogens with two attached hydrogens (primary N) is 1. The van der Waals surface area contributed by atoms with E-state index in [-0.39, 0.29) is 5.91 Å². The Bertz CT molecular complexity index is 799. The molecule has 0 aliphatic carbocycles. The van der Waals surface area contributed by atoms with Crippen molar-refractivity contribution in [3.05, 3.63) is 42.1 Å². The predicted molar refractivity (Wildman–Crippen MR) is 110 cm³/mol. The molecule has 6 nitrogen and oxygen atoms in total. The Hall–Kier alpha value is -2.76. The molecular formula is C21H27N5O. The monoisotopic (exact) mass is 365 g/mol. The Morgan fingerprint density at radius 2 is 1.93 bits per heavy atom. The van der Waals surface area contributed by atoms with E-state index in [1.807, 2.05) is 30.3 Å². The number of pyridine rings is 1. The second-order valence-corrected chi connectivity index (χ2v) is 7.37. The largest absolute Gasteiger partial charge is 0.398 e. The van der Waals surface area contributed by atoms with E-state index in [4.69, 9.17) is 5.73 Å². The van der Waals surface area contributed by atoms with Crippen LogP contribution in [0.4, 0.5) is 22.9 Å². The number of aromatic nitrogens is 1. The van der Waals surface area contributed by atoms with Crippen molar-refractivity contribution in [2.75, 3.05) is 47.0 Å². The lowest BCUT2D eigenvalue weighted by Crippen LogP contribution is -2.37. The van der Waals surface area contributed by atoms with E-state index in [1.54, 1.807) is 6.20 Å². The molecule has 2 aliphatic heterocycles. The zero-order valence-corrected chi connectivity index (χ0v) is 15.7. The van der Waals surface area contributed by atoms with Crippen LogP contribution in [0.3, 0.4) is 0 Å². The lowest BCUT2D eigenvalue weighted by atomic mass is 10.00. The zero-order valence-electron chi connectivity index (χ0n) is 15.7. The molecule has 1 amide bonds. The van der Waals surface area contributed by atoms with Gasteiger partial charge < -0.3 is 20.9 Å². The predicted octanol–water partition coefficient (Wildman–Crippen LogP) is 3.05. The summed E-state index contributed by atoms with van der Waals surface area (Å²) < 4.78 is 0. The molecule has 27 heavy (non-hydrogen) atoms. The summed E-state index contributed by atoms with van der Waals surface area (Å²) >= 11 is 0. The van der Waals surface area contributed by atoms with Gasteiger partial charge in [0.25, 0.3) is 0 Å². The van der Waals surface area contributed by atoms with Gasteiger partial charge in [-0.05, 0) is 61.9 Å². The number of nitrogens with zero attached hydrogens (tertiary/aromatic N) is 3. The molecule has 2 aromatic rings. The fourth-order valence-corrected chi connectivity index (χ4v) is 4.04. The molecule has 2 aliphatic rings. The third-order valence-electron chi connectivity index (χ3n) is 5.43. The van der Waals surface area contributed by atoms with Crippen LogP contribution >= 0.6 is 0 Å². The fraction of sp³-hybridized carbons (Fsp3) is 0.429. The number of piperidine rings is 1. The standard InChI is InChI=1S/C21H27N5O/c22-18-7-4-8-19-17(18)6-5-13-26(19)15-21(27)24-16-9-10-20(23-14-16)25-11-2-1-3-12-25/h4,7-10,14H,1-3,5-6,11-13,15,22H2,(H,24,27). The van der Waals surface area contributed by atoms with Gasteiger partial charge in [0.2, 0.25) is 5.91 Å². The topological polar surface area (TPSA) is 74.5 Å². The minimum absolute atomic E-state index is 0.0298. The minimum atomic E-state index is -0.0298. The summed E-state index contributed by atoms with van der Waals surface area (Å²) in [4.78, 5) is 21.5. The summed E-state index contributed by atoms with van der Waals surface area (Å²) in [7, 11) is 0. The van der Waals surface area contributed by atoms with Crippen LogP contribution in [0.2, 0.25) is 0 Å². The van der Waals surface area contributed by atoms with Gasteiger partial charge in [-0.3, -0.25) is 4.79 Å². The minimum Gasteiger partial charge on any atom is -0.398 e. The van der Waals surface area contributed by atoms with E-state index in [0.29, 0.717) is 6.54 Å². The van der Waals surface area contributed by atoms with Crippen molar-refractivity contribution in [3.63, 3.8) is 0 Å². The summed E-state index contributed by atoms with van der Waals surface area (Å²) in [6, 6.07) is 9.87. The molecule has 0 radical (unpaired) electrons. The summed E-state index contributed by atoms with van der Waals surface area (Å²) in [6.45, 7) is 3.33. The summed E-state index contributed by atoms with van der Waals surface area (Å²) in [5, 5.41) is 2.97. The first-order valence-electron chi connectivity index (χ1n) is 9.84. The molecule has 3 N–H and O–H groups in total. The highest BCUT2D eigenvalue weighted by molar-refractivity contribution is 5.94. The quantitative estimate of drug-likeness (QED) is 0.815. The van der Waals surface area contributed by atoms with Crippen LogP contribution in [0.1, 0.15) is 31.2 Å². The second-order valence-electron chi connectivity index (χ2n) is 7.37. The molecule has 0 spiro atoms. The van der Waals surface area contributed by atoms with Crippen LogP contribution in [0.5, 0.6) is 0 Å². The Balaban J connectivity index is 1.38. The zero-order chi connectivity index (χ0) is 18.6. The average molecular weight is 365 g/mol. The fourth-order valence-electron chi connectivity index (χ4n) is 4.04. The lowest BCUT2D eigenvalue weighted by molar-refractivity contribution is -0.115. The van der Waals surface area contributed by atoms with E-state index in [0.717, 1.165) is 60.9 Å². The lowest BCUT2D eigenvalue weighted by Gasteiger charge is -2.31. The molecule has 0 bridgehead atoms. The first-order valence-corrected chi connectivity index (χ1v) is 9.84. The van der Waals surface area contributed by atoms with Crippen LogP contribution < -0.4 is 20.9 Å². The molecule has 1 saturated heterocycles. The van der Waals surface area contributed by atoms with Crippen LogP contribution in [-0.4, -0.2) is 37.1 Å². The van der Waals surface area contributed by atoms with Crippen molar-refractivity contribution in [2.24, 2.45) is 0 Å². The van der Waals surface area contributed by atoms with Crippen molar-refractivity contribution in [1.82, 2.24) is 4.98 Å². The Labute approximate surface area is 160 Å². The van der Waals surface area contributed by atoms with Gasteiger partial charge in [-0.15, -0.1) is 0 Å². The van der Waals surface area contributed by atoms with Gasteiger partial charge in [0, 0.05) is 31.0 Å². The normalized spacial score (nSPS) is 16.7. The number of benzene rings is 1. The molecule has 4 rings (SSSR count). The number of nitrogen functional groups attached to an aromatic ring is 1. The summed E-state index contributed by atoms with van der Waals surface area (Å²) in [6.07, 6.45) is 7.49. The Morgan fingerprint density at radius 1 is 1.07 bits per heavy atom. The number of rotatable bonds is 4.